The maximum Gasteiger partial charge on any atom is 0.210 e. The van der Waals surface area contributed by atoms with Crippen molar-refractivity contribution in [3.8, 4) is 0 Å². The smallest absolute Gasteiger partial charge is 0.210 e. The van der Waals surface area contributed by atoms with Crippen LogP contribution in [-0.4, -0.2) is 47.9 Å². The highest BCUT2D eigenvalue weighted by Gasteiger charge is 2.46. The van der Waals surface area contributed by atoms with Gasteiger partial charge in [-0.15, -0.1) is 0 Å². The van der Waals surface area contributed by atoms with E-state index in [1.165, 1.54) is 16.7 Å². The summed E-state index contributed by atoms with van der Waals surface area (Å²) >= 11 is 0.885. The SMILES string of the molecule is CC(=O)CCCCC[N+]1=C(/C=C/C=C2/N(CCCc3ccccc3)c3ccccc3C2(C)CCCCS(=O)(=O)[O-])C(C)(C)c2c1ccc1ccc(SOO[O-])cc21. The highest BCUT2D eigenvalue weighted by Crippen LogP contribution is 2.51. The van der Waals surface area contributed by atoms with Crippen LogP contribution in [0.4, 0.5) is 11.4 Å². The van der Waals surface area contributed by atoms with Crippen LogP contribution in [-0.2, 0) is 41.5 Å². The van der Waals surface area contributed by atoms with Crippen LogP contribution in [0.5, 0.6) is 0 Å². The Kier molecular flexibility index (Phi) is 13.9. The van der Waals surface area contributed by atoms with E-state index in [4.69, 9.17) is 0 Å². The van der Waals surface area contributed by atoms with E-state index in [0.717, 1.165) is 95.7 Å². The molecule has 11 heteroatoms. The van der Waals surface area contributed by atoms with Gasteiger partial charge in [-0.2, -0.15) is 8.91 Å². The number of nitrogens with zero attached hydrogens (tertiary/aromatic N) is 2. The Morgan fingerprint density at radius 1 is 0.912 bits per heavy atom. The molecule has 302 valence electrons. The second-order valence-electron chi connectivity index (χ2n) is 16.0. The summed E-state index contributed by atoms with van der Waals surface area (Å²) in [5, 5.41) is 16.4. The van der Waals surface area contributed by atoms with Crippen LogP contribution in [0.25, 0.3) is 10.8 Å². The molecule has 0 saturated carbocycles. The minimum atomic E-state index is -4.29. The molecule has 0 bridgehead atoms. The van der Waals surface area contributed by atoms with Gasteiger partial charge in [0.15, 0.2) is 5.71 Å². The number of carbonyl (C=O) groups excluding carboxylic acids is 1. The Labute approximate surface area is 341 Å². The molecule has 2 heterocycles. The molecule has 1 unspecified atom stereocenters. The van der Waals surface area contributed by atoms with Gasteiger partial charge in [-0.25, -0.2) is 8.42 Å². The van der Waals surface area contributed by atoms with Gasteiger partial charge in [-0.05, 0) is 118 Å². The number of hydrogen-bond donors (Lipinski definition) is 0. The van der Waals surface area contributed by atoms with E-state index in [0.29, 0.717) is 25.7 Å². The number of unbranched alkanes of at least 4 members (excludes halogenated alkanes) is 3. The van der Waals surface area contributed by atoms with Gasteiger partial charge in [0.05, 0.1) is 27.6 Å². The molecule has 57 heavy (non-hydrogen) atoms. The van der Waals surface area contributed by atoms with Crippen molar-refractivity contribution in [1.29, 1.82) is 0 Å². The molecule has 0 N–H and O–H groups in total. The first-order valence-corrected chi connectivity index (χ1v) is 22.2. The van der Waals surface area contributed by atoms with Crippen molar-refractivity contribution in [1.82, 2.24) is 0 Å². The number of benzene rings is 4. The second-order valence-corrected chi connectivity index (χ2v) is 18.3. The van der Waals surface area contributed by atoms with Crippen LogP contribution in [0.2, 0.25) is 0 Å². The third-order valence-corrected chi connectivity index (χ3v) is 12.9. The van der Waals surface area contributed by atoms with Gasteiger partial charge in [-0.3, -0.25) is 5.04 Å². The van der Waals surface area contributed by atoms with Gasteiger partial charge in [0, 0.05) is 64.5 Å². The molecule has 0 saturated heterocycles. The van der Waals surface area contributed by atoms with Crippen LogP contribution in [0.3, 0.4) is 0 Å². The van der Waals surface area contributed by atoms with Gasteiger partial charge in [0.1, 0.15) is 12.3 Å². The number of aryl methyl sites for hydroxylation is 1. The summed E-state index contributed by atoms with van der Waals surface area (Å²) < 4.78 is 41.6. The third-order valence-electron chi connectivity index (χ3n) is 11.6. The summed E-state index contributed by atoms with van der Waals surface area (Å²) in [4.78, 5) is 14.9. The quantitative estimate of drug-likeness (QED) is 0.0215. The normalized spacial score (nSPS) is 18.3. The summed E-state index contributed by atoms with van der Waals surface area (Å²) in [6.07, 6.45) is 13.4. The maximum absolute atomic E-state index is 11.7. The highest BCUT2D eigenvalue weighted by atomic mass is 32.2. The van der Waals surface area contributed by atoms with Gasteiger partial charge in [0.25, 0.3) is 0 Å². The number of allylic oxidation sites excluding steroid dienone is 4. The standard InChI is InChI=1S/C46H54N2O7S2/c1-34(49)17-7-6-13-30-48-41-28-26-36-25-27-37(56-55-54-50)33-38(36)44(41)45(2,3)42(48)23-15-24-43-46(4,29-12-14-32-57(51,52)53)39-21-10-11-22-40(39)47(43)31-16-20-35-18-8-5-9-19-35/h5,8-11,15,18-19,21-28,33H,6-7,12-14,16-17,20,29-32H2,1-4H3,(H-,50,51,52,53)/p-1. The molecule has 0 radical (unpaired) electrons. The van der Waals surface area contributed by atoms with Crippen molar-refractivity contribution in [3.05, 3.63) is 126 Å². The average molecular weight is 810 g/mol. The molecule has 4 aromatic carbocycles. The molecule has 2 aliphatic rings. The lowest BCUT2D eigenvalue weighted by atomic mass is 9.77. The molecule has 2 aliphatic heterocycles. The summed E-state index contributed by atoms with van der Waals surface area (Å²) in [6, 6.07) is 29.3. The molecule has 1 atom stereocenters. The fourth-order valence-electron chi connectivity index (χ4n) is 8.82. The van der Waals surface area contributed by atoms with E-state index in [9.17, 15) is 23.0 Å². The summed E-state index contributed by atoms with van der Waals surface area (Å²) in [7, 11) is -4.29. The molecule has 0 amide bonds. The largest absolute Gasteiger partial charge is 0.748 e. The molecule has 0 fully saturated rings. The zero-order valence-electron chi connectivity index (χ0n) is 33.4. The number of hydrogen-bond acceptors (Lipinski definition) is 9. The van der Waals surface area contributed by atoms with E-state index in [2.05, 4.69) is 119 Å². The zero-order valence-corrected chi connectivity index (χ0v) is 35.0. The summed E-state index contributed by atoms with van der Waals surface area (Å²) in [5.41, 5.74) is 7.47. The first-order chi connectivity index (χ1) is 27.3. The molecule has 4 aromatic rings. The van der Waals surface area contributed by atoms with Crippen molar-refractivity contribution in [2.24, 2.45) is 0 Å². The Morgan fingerprint density at radius 3 is 2.42 bits per heavy atom. The van der Waals surface area contributed by atoms with Crippen LogP contribution in [0, 0.1) is 0 Å². The molecular formula is C46H53N2O7S2-. The number of rotatable bonds is 20. The average Bonchev–Trinajstić information content (AvgIpc) is 3.55. The third kappa shape index (κ3) is 9.96. The zero-order chi connectivity index (χ0) is 40.6. The van der Waals surface area contributed by atoms with Crippen molar-refractivity contribution < 1.29 is 37.0 Å². The minimum absolute atomic E-state index is 0.211. The molecule has 9 nitrogen and oxygen atoms in total. The van der Waals surface area contributed by atoms with Gasteiger partial charge in [0.2, 0.25) is 5.69 Å². The van der Waals surface area contributed by atoms with Crippen molar-refractivity contribution in [2.75, 3.05) is 23.7 Å². The molecule has 0 aromatic heterocycles. The maximum atomic E-state index is 11.7. The molecule has 0 spiro atoms. The summed E-state index contributed by atoms with van der Waals surface area (Å²) in [6.45, 7) is 9.98. The lowest BCUT2D eigenvalue weighted by Crippen LogP contribution is -2.30. The van der Waals surface area contributed by atoms with Crippen molar-refractivity contribution >= 4 is 55.8 Å². The van der Waals surface area contributed by atoms with Crippen LogP contribution < -0.4 is 10.2 Å². The van der Waals surface area contributed by atoms with Crippen molar-refractivity contribution in [3.63, 3.8) is 0 Å². The van der Waals surface area contributed by atoms with E-state index in [1.54, 1.807) is 6.92 Å². The van der Waals surface area contributed by atoms with Crippen LogP contribution in [0.1, 0.15) is 95.8 Å². The first kappa shape index (κ1) is 42.5. The Morgan fingerprint density at radius 2 is 1.67 bits per heavy atom. The van der Waals surface area contributed by atoms with E-state index >= 15 is 0 Å². The van der Waals surface area contributed by atoms with Gasteiger partial charge < -0.3 is 19.5 Å². The number of fused-ring (bicyclic) bond motifs is 4. The fourth-order valence-corrected chi connectivity index (χ4v) is 9.78. The number of carbonyl (C=O) groups is 1. The lowest BCUT2D eigenvalue weighted by Gasteiger charge is -2.30. The highest BCUT2D eigenvalue weighted by molar-refractivity contribution is 7.94. The van der Waals surface area contributed by atoms with E-state index in [-0.39, 0.29) is 11.5 Å². The number of ketones is 1. The predicted molar refractivity (Wildman–Crippen MR) is 225 cm³/mol. The number of Topliss-reactive ketones (excluding diaryl/α,β-unsaturated/α-hetero) is 1. The van der Waals surface area contributed by atoms with Crippen molar-refractivity contribution in [2.45, 2.75) is 101 Å². The Hall–Kier alpha value is -4.10. The van der Waals surface area contributed by atoms with E-state index in [1.807, 2.05) is 24.3 Å². The molecular weight excluding hydrogens is 757 g/mol. The second kappa shape index (κ2) is 18.7. The number of anilines is 1. The first-order valence-electron chi connectivity index (χ1n) is 19.9. The monoisotopic (exact) mass is 809 g/mol. The Balaban J connectivity index is 1.39. The molecule has 6 rings (SSSR count). The Bertz CT molecular complexity index is 2270. The topological polar surface area (TPSA) is 122 Å². The predicted octanol–water partition coefficient (Wildman–Crippen LogP) is 9.16. The minimum Gasteiger partial charge on any atom is -0.748 e. The number of para-hydroxylation sites is 1. The van der Waals surface area contributed by atoms with Gasteiger partial charge in [-0.1, -0.05) is 67.1 Å². The van der Waals surface area contributed by atoms with E-state index < -0.39 is 20.9 Å². The lowest BCUT2D eigenvalue weighted by molar-refractivity contribution is -0.777. The van der Waals surface area contributed by atoms with Crippen LogP contribution in [0.15, 0.2) is 114 Å². The molecule has 0 aliphatic carbocycles. The van der Waals surface area contributed by atoms with Gasteiger partial charge >= 0.3 is 0 Å². The summed E-state index contributed by atoms with van der Waals surface area (Å²) in [5.74, 6) is -0.153. The fraction of sp³-hybridized carbons (Fsp3) is 0.391. The van der Waals surface area contributed by atoms with Crippen LogP contribution >= 0.6 is 12.0 Å².